The summed E-state index contributed by atoms with van der Waals surface area (Å²) in [6.45, 7) is 0.480. The fraction of sp³-hybridized carbons (Fsp3) is 0.423. The number of pyridine rings is 1. The predicted octanol–water partition coefficient (Wildman–Crippen LogP) is 4.07. The molecule has 0 unspecified atom stereocenters. The average molecular weight is 525 g/mol. The summed E-state index contributed by atoms with van der Waals surface area (Å²) < 4.78 is 47.5. The first kappa shape index (κ1) is 24.4. The summed E-state index contributed by atoms with van der Waals surface area (Å²) in [4.78, 5) is 15.0. The standard InChI is InChI=1S/C26H27F3N8O/c1-35-25(32-33-34-35)15-4-7-17(8-5-15)31-26(38)19-14-30-37-12-10-22(23(29)24(19)37)36-11-2-3-21(36)18-13-16(27)6-9-20(18)28/h6,9-10,12-15,17,21H,2-5,7-8,11H2,1H3,(H,31,38)/t15-,17-,21-/m1/s1. The molecule has 12 heteroatoms. The summed E-state index contributed by atoms with van der Waals surface area (Å²) >= 11 is 0. The highest BCUT2D eigenvalue weighted by molar-refractivity contribution is 6.01. The third-order valence-electron chi connectivity index (χ3n) is 7.81. The molecule has 1 atom stereocenters. The molecule has 1 saturated carbocycles. The highest BCUT2D eigenvalue weighted by Crippen LogP contribution is 2.39. The van der Waals surface area contributed by atoms with Gasteiger partial charge < -0.3 is 10.2 Å². The van der Waals surface area contributed by atoms with E-state index in [1.807, 2.05) is 7.05 Å². The zero-order chi connectivity index (χ0) is 26.4. The molecule has 38 heavy (non-hydrogen) atoms. The van der Waals surface area contributed by atoms with Crippen LogP contribution in [0.25, 0.3) is 5.52 Å². The van der Waals surface area contributed by atoms with Crippen molar-refractivity contribution in [1.82, 2.24) is 35.1 Å². The van der Waals surface area contributed by atoms with Crippen LogP contribution in [0.5, 0.6) is 0 Å². The largest absolute Gasteiger partial charge is 0.362 e. The molecule has 4 heterocycles. The molecule has 2 aliphatic rings. The van der Waals surface area contributed by atoms with E-state index in [1.165, 1.54) is 16.8 Å². The molecule has 9 nitrogen and oxygen atoms in total. The first-order valence-corrected chi connectivity index (χ1v) is 12.8. The molecule has 1 N–H and O–H groups in total. The van der Waals surface area contributed by atoms with Gasteiger partial charge >= 0.3 is 0 Å². The summed E-state index contributed by atoms with van der Waals surface area (Å²) in [5.74, 6) is -1.01. The zero-order valence-corrected chi connectivity index (χ0v) is 20.8. The number of hydrogen-bond donors (Lipinski definition) is 1. The lowest BCUT2D eigenvalue weighted by molar-refractivity contribution is 0.0926. The van der Waals surface area contributed by atoms with E-state index < -0.39 is 29.4 Å². The van der Waals surface area contributed by atoms with E-state index in [-0.39, 0.29) is 34.3 Å². The van der Waals surface area contributed by atoms with Crippen LogP contribution >= 0.6 is 0 Å². The number of fused-ring (bicyclic) bond motifs is 1. The zero-order valence-electron chi connectivity index (χ0n) is 20.8. The Morgan fingerprint density at radius 3 is 2.66 bits per heavy atom. The molecule has 6 rings (SSSR count). The second-order valence-corrected chi connectivity index (χ2v) is 10.1. The summed E-state index contributed by atoms with van der Waals surface area (Å²) in [7, 11) is 1.82. The van der Waals surface area contributed by atoms with Gasteiger partial charge in [0.1, 0.15) is 17.2 Å². The molecule has 198 valence electrons. The van der Waals surface area contributed by atoms with Crippen LogP contribution in [0.4, 0.5) is 18.9 Å². The average Bonchev–Trinajstić information content (AvgIpc) is 3.66. The maximum atomic E-state index is 16.0. The highest BCUT2D eigenvalue weighted by atomic mass is 19.1. The van der Waals surface area contributed by atoms with Crippen molar-refractivity contribution in [3.05, 3.63) is 71.1 Å². The highest BCUT2D eigenvalue weighted by Gasteiger charge is 2.32. The van der Waals surface area contributed by atoms with Crippen molar-refractivity contribution < 1.29 is 18.0 Å². The van der Waals surface area contributed by atoms with Crippen molar-refractivity contribution >= 4 is 17.1 Å². The summed E-state index contributed by atoms with van der Waals surface area (Å²) in [6.07, 6.45) is 7.38. The number of benzene rings is 1. The van der Waals surface area contributed by atoms with Crippen LogP contribution in [0, 0.1) is 17.5 Å². The maximum Gasteiger partial charge on any atom is 0.255 e. The maximum absolute atomic E-state index is 16.0. The molecule has 1 aromatic carbocycles. The minimum Gasteiger partial charge on any atom is -0.362 e. The van der Waals surface area contributed by atoms with Crippen LogP contribution in [0.15, 0.2) is 36.7 Å². The second-order valence-electron chi connectivity index (χ2n) is 10.1. The molecule has 0 bridgehead atoms. The monoisotopic (exact) mass is 524 g/mol. The van der Waals surface area contributed by atoms with Gasteiger partial charge in [-0.25, -0.2) is 22.4 Å². The Bertz CT molecular complexity index is 1490. The number of anilines is 1. The van der Waals surface area contributed by atoms with Crippen LogP contribution in [0.2, 0.25) is 0 Å². The Labute approximate surface area is 216 Å². The molecule has 1 aliphatic carbocycles. The fourth-order valence-electron chi connectivity index (χ4n) is 5.91. The third kappa shape index (κ3) is 4.27. The smallest absolute Gasteiger partial charge is 0.255 e. The van der Waals surface area contributed by atoms with Gasteiger partial charge in [0.15, 0.2) is 11.6 Å². The first-order chi connectivity index (χ1) is 18.4. The van der Waals surface area contributed by atoms with Gasteiger partial charge in [-0.2, -0.15) is 5.10 Å². The molecule has 1 amide bonds. The molecule has 2 fully saturated rings. The lowest BCUT2D eigenvalue weighted by atomic mass is 9.85. The number of hydrogen-bond acceptors (Lipinski definition) is 6. The molecule has 4 aromatic rings. The first-order valence-electron chi connectivity index (χ1n) is 12.8. The SMILES string of the molecule is Cn1nnnc1[C@H]1CC[C@H](NC(=O)c2cnn3ccc(N4CCC[C@@H]4c4cc(F)ccc4F)c(F)c23)CC1. The molecule has 1 aliphatic heterocycles. The van der Waals surface area contributed by atoms with E-state index in [4.69, 9.17) is 0 Å². The van der Waals surface area contributed by atoms with Crippen molar-refractivity contribution in [2.24, 2.45) is 7.05 Å². The van der Waals surface area contributed by atoms with Crippen LogP contribution in [-0.2, 0) is 7.05 Å². The Kier molecular flexibility index (Phi) is 6.24. The van der Waals surface area contributed by atoms with Crippen LogP contribution < -0.4 is 10.2 Å². The number of tetrazole rings is 1. The van der Waals surface area contributed by atoms with Gasteiger partial charge in [0.2, 0.25) is 0 Å². The minimum atomic E-state index is -0.614. The van der Waals surface area contributed by atoms with E-state index in [0.29, 0.717) is 19.4 Å². The summed E-state index contributed by atoms with van der Waals surface area (Å²) in [6, 6.07) is 4.33. The number of halogens is 3. The molecule has 0 radical (unpaired) electrons. The lowest BCUT2D eigenvalue weighted by Gasteiger charge is -2.28. The van der Waals surface area contributed by atoms with Crippen LogP contribution in [0.3, 0.4) is 0 Å². The van der Waals surface area contributed by atoms with E-state index >= 15 is 4.39 Å². The number of aromatic nitrogens is 6. The molecule has 0 spiro atoms. The van der Waals surface area contributed by atoms with Gasteiger partial charge in [-0.15, -0.1) is 5.10 Å². The van der Waals surface area contributed by atoms with Crippen molar-refractivity contribution in [3.63, 3.8) is 0 Å². The van der Waals surface area contributed by atoms with E-state index in [0.717, 1.165) is 43.6 Å². The number of nitrogens with zero attached hydrogens (tertiary/aromatic N) is 7. The minimum absolute atomic E-state index is 0.0555. The van der Waals surface area contributed by atoms with E-state index in [9.17, 15) is 13.6 Å². The van der Waals surface area contributed by atoms with Gasteiger partial charge in [-0.3, -0.25) is 4.79 Å². The normalized spacial score (nSPS) is 21.8. The molecule has 3 aromatic heterocycles. The van der Waals surface area contributed by atoms with Gasteiger partial charge in [0.25, 0.3) is 5.91 Å². The van der Waals surface area contributed by atoms with E-state index in [1.54, 1.807) is 21.8 Å². The lowest BCUT2D eigenvalue weighted by Crippen LogP contribution is -2.37. The number of carbonyl (C=O) groups excluding carboxylic acids is 1. The number of aryl methyl sites for hydroxylation is 1. The Morgan fingerprint density at radius 2 is 1.89 bits per heavy atom. The summed E-state index contributed by atoms with van der Waals surface area (Å²) in [5, 5.41) is 18.9. The number of rotatable bonds is 5. The predicted molar refractivity (Wildman–Crippen MR) is 132 cm³/mol. The second kappa shape index (κ2) is 9.73. The van der Waals surface area contributed by atoms with Gasteiger partial charge in [-0.05, 0) is 73.2 Å². The quantitative estimate of drug-likeness (QED) is 0.423. The number of nitrogens with one attached hydrogen (secondary N) is 1. The van der Waals surface area contributed by atoms with Crippen molar-refractivity contribution in [2.75, 3.05) is 11.4 Å². The Morgan fingerprint density at radius 1 is 1.08 bits per heavy atom. The van der Waals surface area contributed by atoms with Crippen LogP contribution in [-0.4, -0.2) is 48.3 Å². The molecular weight excluding hydrogens is 497 g/mol. The molecule has 1 saturated heterocycles. The van der Waals surface area contributed by atoms with Crippen molar-refractivity contribution in [1.29, 1.82) is 0 Å². The molecular formula is C26H27F3N8O. The Balaban J connectivity index is 1.23. The van der Waals surface area contributed by atoms with Crippen molar-refractivity contribution in [3.8, 4) is 0 Å². The van der Waals surface area contributed by atoms with Crippen LogP contribution in [0.1, 0.15) is 72.2 Å². The van der Waals surface area contributed by atoms with E-state index in [2.05, 4.69) is 25.9 Å². The van der Waals surface area contributed by atoms with Crippen molar-refractivity contribution in [2.45, 2.75) is 56.5 Å². The topological polar surface area (TPSA) is 93.2 Å². The number of carbonyl (C=O) groups is 1. The summed E-state index contributed by atoms with van der Waals surface area (Å²) in [5.41, 5.74) is 0.623. The Hall–Kier alpha value is -3.96. The van der Waals surface area contributed by atoms with Gasteiger partial charge in [0.05, 0.1) is 23.5 Å². The third-order valence-corrected chi connectivity index (χ3v) is 7.81. The van der Waals surface area contributed by atoms with Gasteiger partial charge in [0, 0.05) is 37.3 Å². The number of amides is 1. The fourth-order valence-corrected chi connectivity index (χ4v) is 5.91. The van der Waals surface area contributed by atoms with Gasteiger partial charge in [-0.1, -0.05) is 0 Å².